The molecule has 2 heterocycles. The number of likely N-dealkylation sites (tertiary alicyclic amines) is 1. The smallest absolute Gasteiger partial charge is 0.320 e. The highest BCUT2D eigenvalue weighted by molar-refractivity contribution is 7.09. The predicted molar refractivity (Wildman–Crippen MR) is 80.3 cm³/mol. The first-order chi connectivity index (χ1) is 9.95. The summed E-state index contributed by atoms with van der Waals surface area (Å²) in [5.74, 6) is -0.462. The standard InChI is InChI=1S/C14H21N3O3S/c1-10-15-12(9-21-10)8-16(2)14(20)17-6-5-11(7-17)3-4-13(18)19/h9,11H,3-8H2,1-2H3,(H,18,19). The number of amides is 2. The number of carboxylic acids is 1. The molecule has 2 amide bonds. The fraction of sp³-hybridized carbons (Fsp3) is 0.643. The molecule has 1 atom stereocenters. The highest BCUT2D eigenvalue weighted by atomic mass is 32.1. The van der Waals surface area contributed by atoms with Crippen LogP contribution >= 0.6 is 11.3 Å². The molecule has 1 fully saturated rings. The first-order valence-electron chi connectivity index (χ1n) is 7.08. The summed E-state index contributed by atoms with van der Waals surface area (Å²) in [4.78, 5) is 30.8. The minimum absolute atomic E-state index is 0.00141. The van der Waals surface area contributed by atoms with Gasteiger partial charge in [0.25, 0.3) is 0 Å². The summed E-state index contributed by atoms with van der Waals surface area (Å²) in [6.07, 6.45) is 1.72. The zero-order chi connectivity index (χ0) is 15.4. The molecule has 0 radical (unpaired) electrons. The highest BCUT2D eigenvalue weighted by Gasteiger charge is 2.28. The van der Waals surface area contributed by atoms with Crippen molar-refractivity contribution in [2.24, 2.45) is 5.92 Å². The Bertz CT molecular complexity index is 517. The number of carbonyl (C=O) groups excluding carboxylic acids is 1. The van der Waals surface area contributed by atoms with E-state index in [0.717, 1.165) is 17.1 Å². The lowest BCUT2D eigenvalue weighted by Gasteiger charge is -2.24. The van der Waals surface area contributed by atoms with Crippen molar-refractivity contribution in [3.05, 3.63) is 16.1 Å². The Morgan fingerprint density at radius 2 is 2.33 bits per heavy atom. The highest BCUT2D eigenvalue weighted by Crippen LogP contribution is 2.22. The third-order valence-corrected chi connectivity index (χ3v) is 4.54. The van der Waals surface area contributed by atoms with Gasteiger partial charge in [0, 0.05) is 31.9 Å². The number of aryl methyl sites for hydroxylation is 1. The molecule has 2 rings (SSSR count). The van der Waals surface area contributed by atoms with Crippen LogP contribution in [0.2, 0.25) is 0 Å². The molecule has 0 saturated carbocycles. The molecule has 6 nitrogen and oxygen atoms in total. The van der Waals surface area contributed by atoms with Gasteiger partial charge in [-0.05, 0) is 25.7 Å². The van der Waals surface area contributed by atoms with Gasteiger partial charge in [0.2, 0.25) is 0 Å². The molecule has 0 spiro atoms. The van der Waals surface area contributed by atoms with E-state index in [1.807, 2.05) is 17.2 Å². The van der Waals surface area contributed by atoms with Gasteiger partial charge in [-0.3, -0.25) is 4.79 Å². The molecule has 1 aliphatic rings. The molecule has 0 aliphatic carbocycles. The lowest BCUT2D eigenvalue weighted by molar-refractivity contribution is -0.137. The first kappa shape index (κ1) is 15.8. The average Bonchev–Trinajstić information content (AvgIpc) is 3.04. The van der Waals surface area contributed by atoms with Gasteiger partial charge in [-0.1, -0.05) is 0 Å². The van der Waals surface area contributed by atoms with Gasteiger partial charge in [-0.25, -0.2) is 9.78 Å². The van der Waals surface area contributed by atoms with Crippen molar-refractivity contribution < 1.29 is 14.7 Å². The van der Waals surface area contributed by atoms with Crippen molar-refractivity contribution in [1.29, 1.82) is 0 Å². The molecular formula is C14H21N3O3S. The summed E-state index contributed by atoms with van der Waals surface area (Å²) < 4.78 is 0. The number of aromatic nitrogens is 1. The summed E-state index contributed by atoms with van der Waals surface area (Å²) >= 11 is 1.58. The largest absolute Gasteiger partial charge is 0.481 e. The van der Waals surface area contributed by atoms with Crippen LogP contribution in [-0.4, -0.2) is 52.0 Å². The summed E-state index contributed by atoms with van der Waals surface area (Å²) in [7, 11) is 1.78. The van der Waals surface area contributed by atoms with Crippen LogP contribution in [-0.2, 0) is 11.3 Å². The second kappa shape index (κ2) is 6.89. The quantitative estimate of drug-likeness (QED) is 0.904. The Kier molecular flexibility index (Phi) is 5.17. The molecule has 0 bridgehead atoms. The maximum Gasteiger partial charge on any atom is 0.320 e. The minimum Gasteiger partial charge on any atom is -0.481 e. The normalized spacial score (nSPS) is 18.0. The fourth-order valence-corrected chi connectivity index (χ4v) is 3.21. The number of aliphatic carboxylic acids is 1. The first-order valence-corrected chi connectivity index (χ1v) is 7.96. The summed E-state index contributed by atoms with van der Waals surface area (Å²) in [6, 6.07) is -0.00141. The fourth-order valence-electron chi connectivity index (χ4n) is 2.60. The Morgan fingerprint density at radius 3 is 2.95 bits per heavy atom. The van der Waals surface area contributed by atoms with Gasteiger partial charge in [0.05, 0.1) is 17.2 Å². The van der Waals surface area contributed by atoms with Crippen LogP contribution in [0.3, 0.4) is 0 Å². The predicted octanol–water partition coefficient (Wildman–Crippen LogP) is 2.19. The number of urea groups is 1. The molecule has 0 aromatic carbocycles. The van der Waals surface area contributed by atoms with Gasteiger partial charge >= 0.3 is 12.0 Å². The van der Waals surface area contributed by atoms with Crippen molar-refractivity contribution in [3.63, 3.8) is 0 Å². The Balaban J connectivity index is 1.81. The van der Waals surface area contributed by atoms with E-state index in [1.165, 1.54) is 0 Å². The van der Waals surface area contributed by atoms with Crippen molar-refractivity contribution in [2.75, 3.05) is 20.1 Å². The van der Waals surface area contributed by atoms with Crippen molar-refractivity contribution in [3.8, 4) is 0 Å². The van der Waals surface area contributed by atoms with E-state index >= 15 is 0 Å². The number of carboxylic acid groups (broad SMARTS) is 1. The molecule has 1 saturated heterocycles. The molecule has 1 unspecified atom stereocenters. The van der Waals surface area contributed by atoms with Crippen LogP contribution in [0.1, 0.15) is 30.0 Å². The molecule has 21 heavy (non-hydrogen) atoms. The number of rotatable bonds is 5. The Labute approximate surface area is 128 Å². The third kappa shape index (κ3) is 4.42. The molecule has 1 aromatic heterocycles. The number of nitrogens with zero attached hydrogens (tertiary/aromatic N) is 3. The van der Waals surface area contributed by atoms with Crippen LogP contribution in [0.15, 0.2) is 5.38 Å². The van der Waals surface area contributed by atoms with Gasteiger partial charge in [0.15, 0.2) is 0 Å². The van der Waals surface area contributed by atoms with Crippen molar-refractivity contribution in [1.82, 2.24) is 14.8 Å². The van der Waals surface area contributed by atoms with Crippen molar-refractivity contribution >= 4 is 23.3 Å². The molecule has 7 heteroatoms. The lowest BCUT2D eigenvalue weighted by atomic mass is 10.0. The van der Waals surface area contributed by atoms with Crippen LogP contribution < -0.4 is 0 Å². The molecule has 116 valence electrons. The molecular weight excluding hydrogens is 290 g/mol. The molecule has 1 aliphatic heterocycles. The van der Waals surface area contributed by atoms with E-state index in [2.05, 4.69) is 4.98 Å². The van der Waals surface area contributed by atoms with Gasteiger partial charge in [0.1, 0.15) is 0 Å². The van der Waals surface area contributed by atoms with Crippen molar-refractivity contribution in [2.45, 2.75) is 32.7 Å². The van der Waals surface area contributed by atoms with Crippen LogP contribution in [0.25, 0.3) is 0 Å². The second-order valence-electron chi connectivity index (χ2n) is 5.53. The van der Waals surface area contributed by atoms with Gasteiger partial charge in [-0.2, -0.15) is 0 Å². The molecule has 1 N–H and O–H groups in total. The van der Waals surface area contributed by atoms with Crippen LogP contribution in [0.4, 0.5) is 4.79 Å². The number of hydrogen-bond donors (Lipinski definition) is 1. The summed E-state index contributed by atoms with van der Waals surface area (Å²) in [6.45, 7) is 3.83. The minimum atomic E-state index is -0.768. The zero-order valence-corrected chi connectivity index (χ0v) is 13.2. The number of carbonyl (C=O) groups is 2. The zero-order valence-electron chi connectivity index (χ0n) is 12.4. The van der Waals surface area contributed by atoms with E-state index < -0.39 is 5.97 Å². The summed E-state index contributed by atoms with van der Waals surface area (Å²) in [5, 5.41) is 11.7. The second-order valence-corrected chi connectivity index (χ2v) is 6.59. The Hall–Kier alpha value is -1.63. The monoisotopic (exact) mass is 311 g/mol. The van der Waals surface area contributed by atoms with E-state index in [4.69, 9.17) is 5.11 Å². The van der Waals surface area contributed by atoms with E-state index in [9.17, 15) is 9.59 Å². The van der Waals surface area contributed by atoms with E-state index in [-0.39, 0.29) is 12.5 Å². The number of hydrogen-bond acceptors (Lipinski definition) is 4. The third-order valence-electron chi connectivity index (χ3n) is 3.72. The molecule has 1 aromatic rings. The average molecular weight is 311 g/mol. The van der Waals surface area contributed by atoms with Crippen LogP contribution in [0.5, 0.6) is 0 Å². The van der Waals surface area contributed by atoms with Gasteiger partial charge in [-0.15, -0.1) is 11.3 Å². The number of thiazole rings is 1. The maximum absolute atomic E-state index is 12.4. The van der Waals surface area contributed by atoms with Gasteiger partial charge < -0.3 is 14.9 Å². The summed E-state index contributed by atoms with van der Waals surface area (Å²) in [5.41, 5.74) is 0.912. The van der Waals surface area contributed by atoms with Crippen LogP contribution in [0, 0.1) is 12.8 Å². The maximum atomic E-state index is 12.4. The lowest BCUT2D eigenvalue weighted by Crippen LogP contribution is -2.39. The van der Waals surface area contributed by atoms with E-state index in [0.29, 0.717) is 32.0 Å². The SMILES string of the molecule is Cc1nc(CN(C)C(=O)N2CCC(CCC(=O)O)C2)cs1. The Morgan fingerprint density at radius 1 is 1.57 bits per heavy atom. The van der Waals surface area contributed by atoms with E-state index in [1.54, 1.807) is 23.3 Å². The topological polar surface area (TPSA) is 73.7 Å².